The molecule has 6 nitrogen and oxygen atoms in total. The zero-order chi connectivity index (χ0) is 15.4. The van der Waals surface area contributed by atoms with E-state index in [4.69, 9.17) is 5.11 Å². The van der Waals surface area contributed by atoms with Gasteiger partial charge in [0.1, 0.15) is 0 Å². The molecule has 0 aliphatic carbocycles. The smallest absolute Gasteiger partial charge is 0.313 e. The highest BCUT2D eigenvalue weighted by molar-refractivity contribution is 7.99. The van der Waals surface area contributed by atoms with Crippen LogP contribution in [0.15, 0.2) is 29.4 Å². The van der Waals surface area contributed by atoms with Gasteiger partial charge in [-0.25, -0.2) is 0 Å². The molecule has 2 rings (SSSR count). The average Bonchev–Trinajstić information content (AvgIpc) is 2.80. The van der Waals surface area contributed by atoms with Gasteiger partial charge in [0.25, 0.3) is 0 Å². The Labute approximate surface area is 127 Å². The van der Waals surface area contributed by atoms with Gasteiger partial charge in [-0.2, -0.15) is 0 Å². The second kappa shape index (κ2) is 6.62. The third kappa shape index (κ3) is 3.75. The van der Waals surface area contributed by atoms with Crippen molar-refractivity contribution in [3.05, 3.63) is 35.4 Å². The molecule has 0 aliphatic heterocycles. The van der Waals surface area contributed by atoms with Crippen molar-refractivity contribution in [2.24, 2.45) is 7.05 Å². The van der Waals surface area contributed by atoms with E-state index in [0.717, 1.165) is 6.54 Å². The molecule has 0 atom stereocenters. The maximum Gasteiger partial charge on any atom is 0.313 e. The summed E-state index contributed by atoms with van der Waals surface area (Å²) < 4.78 is 1.81. The van der Waals surface area contributed by atoms with Gasteiger partial charge in [0.05, 0.1) is 5.75 Å². The van der Waals surface area contributed by atoms with Crippen LogP contribution in [0.1, 0.15) is 11.1 Å². The molecule has 1 aromatic heterocycles. The summed E-state index contributed by atoms with van der Waals surface area (Å²) in [5, 5.41) is 17.5. The number of thioether (sulfide) groups is 1. The van der Waals surface area contributed by atoms with E-state index in [9.17, 15) is 4.79 Å². The standard InChI is InChI=1S/C14H18N4O2S/c1-10-6-4-5-7-11(10)8-17(2)13-15-16-14(18(13)3)21-9-12(19)20/h4-7H,8-9H2,1-3H3,(H,19,20). The van der Waals surface area contributed by atoms with Gasteiger partial charge in [-0.05, 0) is 18.1 Å². The molecule has 0 aliphatic rings. The molecule has 1 N–H and O–H groups in total. The highest BCUT2D eigenvalue weighted by atomic mass is 32.2. The van der Waals surface area contributed by atoms with Crippen molar-refractivity contribution in [2.45, 2.75) is 18.6 Å². The Morgan fingerprint density at radius 2 is 2.10 bits per heavy atom. The lowest BCUT2D eigenvalue weighted by atomic mass is 10.1. The fourth-order valence-electron chi connectivity index (χ4n) is 2.01. The first-order chi connectivity index (χ1) is 9.99. The molecule has 0 amide bonds. The average molecular weight is 306 g/mol. The van der Waals surface area contributed by atoms with Crippen LogP contribution < -0.4 is 4.90 Å². The number of nitrogens with zero attached hydrogens (tertiary/aromatic N) is 4. The molecule has 0 spiro atoms. The van der Waals surface area contributed by atoms with Crippen molar-refractivity contribution in [3.63, 3.8) is 0 Å². The Bertz CT molecular complexity index is 642. The summed E-state index contributed by atoms with van der Waals surface area (Å²) in [7, 11) is 3.79. The van der Waals surface area contributed by atoms with Crippen LogP contribution >= 0.6 is 11.8 Å². The van der Waals surface area contributed by atoms with E-state index in [1.54, 1.807) is 0 Å². The highest BCUT2D eigenvalue weighted by Crippen LogP contribution is 2.21. The second-order valence-corrected chi connectivity index (χ2v) is 5.75. The summed E-state index contributed by atoms with van der Waals surface area (Å²) >= 11 is 1.17. The number of aliphatic carboxylic acids is 1. The third-order valence-electron chi connectivity index (χ3n) is 3.15. The Kier molecular flexibility index (Phi) is 4.85. The van der Waals surface area contributed by atoms with Gasteiger partial charge < -0.3 is 10.0 Å². The van der Waals surface area contributed by atoms with Crippen molar-refractivity contribution in [1.82, 2.24) is 14.8 Å². The topological polar surface area (TPSA) is 71.2 Å². The number of carboxylic acid groups (broad SMARTS) is 1. The van der Waals surface area contributed by atoms with Crippen LogP contribution in [0.3, 0.4) is 0 Å². The summed E-state index contributed by atoms with van der Waals surface area (Å²) in [4.78, 5) is 12.6. The van der Waals surface area contributed by atoms with E-state index in [-0.39, 0.29) is 5.75 Å². The zero-order valence-electron chi connectivity index (χ0n) is 12.3. The van der Waals surface area contributed by atoms with Crippen LogP contribution in [0.5, 0.6) is 0 Å². The van der Waals surface area contributed by atoms with Crippen LogP contribution in [0.2, 0.25) is 0 Å². The number of aryl methyl sites for hydroxylation is 1. The molecular formula is C14H18N4O2S. The molecule has 1 aromatic carbocycles. The molecule has 0 bridgehead atoms. The van der Waals surface area contributed by atoms with Crippen molar-refractivity contribution < 1.29 is 9.90 Å². The zero-order valence-corrected chi connectivity index (χ0v) is 13.1. The number of aromatic nitrogens is 3. The number of carbonyl (C=O) groups is 1. The predicted octanol–water partition coefficient (Wildman–Crippen LogP) is 1.94. The van der Waals surface area contributed by atoms with E-state index < -0.39 is 5.97 Å². The molecule has 1 heterocycles. The van der Waals surface area contributed by atoms with Crippen LogP contribution in [-0.4, -0.2) is 38.6 Å². The van der Waals surface area contributed by atoms with Gasteiger partial charge in [0, 0.05) is 20.6 Å². The third-order valence-corrected chi connectivity index (χ3v) is 4.15. The van der Waals surface area contributed by atoms with Gasteiger partial charge in [-0.1, -0.05) is 36.0 Å². The molecule has 0 radical (unpaired) electrons. The van der Waals surface area contributed by atoms with E-state index in [1.165, 1.54) is 22.9 Å². The maximum absolute atomic E-state index is 10.6. The Morgan fingerprint density at radius 3 is 2.76 bits per heavy atom. The van der Waals surface area contributed by atoms with Crippen LogP contribution in [0.25, 0.3) is 0 Å². The Hall–Kier alpha value is -2.02. The van der Waals surface area contributed by atoms with E-state index in [0.29, 0.717) is 11.1 Å². The summed E-state index contributed by atoms with van der Waals surface area (Å²) in [6.07, 6.45) is 0. The molecule has 0 unspecified atom stereocenters. The summed E-state index contributed by atoms with van der Waals surface area (Å²) in [5.74, 6) is -0.169. The lowest BCUT2D eigenvalue weighted by molar-refractivity contribution is -0.133. The van der Waals surface area contributed by atoms with E-state index in [2.05, 4.69) is 29.3 Å². The second-order valence-electron chi connectivity index (χ2n) is 4.81. The van der Waals surface area contributed by atoms with Crippen molar-refractivity contribution in [1.29, 1.82) is 0 Å². The number of anilines is 1. The maximum atomic E-state index is 10.6. The van der Waals surface area contributed by atoms with Crippen LogP contribution in [0.4, 0.5) is 5.95 Å². The first-order valence-electron chi connectivity index (χ1n) is 6.48. The SMILES string of the molecule is Cc1ccccc1CN(C)c1nnc(SCC(=O)O)n1C. The molecule has 7 heteroatoms. The van der Waals surface area contributed by atoms with Gasteiger partial charge >= 0.3 is 5.97 Å². The minimum Gasteiger partial charge on any atom is -0.481 e. The highest BCUT2D eigenvalue weighted by Gasteiger charge is 2.14. The summed E-state index contributed by atoms with van der Waals surface area (Å²) in [6, 6.07) is 8.19. The van der Waals surface area contributed by atoms with Gasteiger partial charge in [0.15, 0.2) is 5.16 Å². The Balaban J connectivity index is 2.11. The normalized spacial score (nSPS) is 10.6. The quantitative estimate of drug-likeness (QED) is 0.822. The Morgan fingerprint density at radius 1 is 1.38 bits per heavy atom. The minimum atomic E-state index is -0.863. The summed E-state index contributed by atoms with van der Waals surface area (Å²) in [6.45, 7) is 2.80. The molecule has 0 fully saturated rings. The molecule has 112 valence electrons. The molecule has 0 saturated heterocycles. The predicted molar refractivity (Wildman–Crippen MR) is 82.6 cm³/mol. The fraction of sp³-hybridized carbons (Fsp3) is 0.357. The molecule has 2 aromatic rings. The largest absolute Gasteiger partial charge is 0.481 e. The lowest BCUT2D eigenvalue weighted by Gasteiger charge is -2.19. The van der Waals surface area contributed by atoms with Gasteiger partial charge in [-0.15, -0.1) is 10.2 Å². The lowest BCUT2D eigenvalue weighted by Crippen LogP contribution is -2.20. The van der Waals surface area contributed by atoms with Gasteiger partial charge in [0.2, 0.25) is 5.95 Å². The van der Waals surface area contributed by atoms with Crippen LogP contribution in [-0.2, 0) is 18.4 Å². The number of benzene rings is 1. The van der Waals surface area contributed by atoms with Crippen LogP contribution in [0, 0.1) is 6.92 Å². The molecule has 0 saturated carbocycles. The first kappa shape index (κ1) is 15.4. The minimum absolute atomic E-state index is 0.0204. The number of hydrogen-bond acceptors (Lipinski definition) is 5. The number of hydrogen-bond donors (Lipinski definition) is 1. The fourth-order valence-corrected chi connectivity index (χ4v) is 2.63. The first-order valence-corrected chi connectivity index (χ1v) is 7.47. The molecule has 21 heavy (non-hydrogen) atoms. The number of carboxylic acids is 1. The van der Waals surface area contributed by atoms with E-state index >= 15 is 0 Å². The number of rotatable bonds is 6. The van der Waals surface area contributed by atoms with Crippen molar-refractivity contribution in [3.8, 4) is 0 Å². The van der Waals surface area contributed by atoms with E-state index in [1.807, 2.05) is 35.7 Å². The summed E-state index contributed by atoms with van der Waals surface area (Å²) in [5.41, 5.74) is 2.45. The van der Waals surface area contributed by atoms with Crippen molar-refractivity contribution in [2.75, 3.05) is 17.7 Å². The molecular weight excluding hydrogens is 288 g/mol. The monoisotopic (exact) mass is 306 g/mol. The van der Waals surface area contributed by atoms with Gasteiger partial charge in [-0.3, -0.25) is 9.36 Å². The van der Waals surface area contributed by atoms with Crippen molar-refractivity contribution >= 4 is 23.7 Å².